The first kappa shape index (κ1) is 30.8. The van der Waals surface area contributed by atoms with E-state index in [1.165, 1.54) is 11.0 Å². The molecule has 216 valence electrons. The number of esters is 1. The molecule has 1 aromatic carbocycles. The number of rotatable bonds is 9. The second-order valence-corrected chi connectivity index (χ2v) is 10.5. The van der Waals surface area contributed by atoms with E-state index in [0.717, 1.165) is 0 Å². The number of hydrogen-bond donors (Lipinski definition) is 1. The molecule has 3 amide bonds. The molecule has 0 bridgehead atoms. The van der Waals surface area contributed by atoms with E-state index in [9.17, 15) is 19.2 Å². The third kappa shape index (κ3) is 8.90. The number of benzene rings is 1. The molecule has 3 rings (SSSR count). The van der Waals surface area contributed by atoms with Crippen LogP contribution < -0.4 is 5.32 Å². The van der Waals surface area contributed by atoms with E-state index in [2.05, 4.69) is 15.3 Å². The maximum absolute atomic E-state index is 13.5. The van der Waals surface area contributed by atoms with E-state index >= 15 is 0 Å². The number of nitrogens with zero attached hydrogens (tertiary/aromatic N) is 4. The fourth-order valence-corrected chi connectivity index (χ4v) is 4.22. The standard InChI is InChI=1S/C28H36ClN5O6/c1-5-39-27(38)34-15-13-33(14-16-34)26(37)21(11-12-23(35)40-28(2,3)4)32-25(36)22-17-20(18-29)30-24(31-22)19-9-7-6-8-10-19/h6-10,17,21H,5,11-16,18H2,1-4H3,(H,32,36)/t21-/m0/s1. The molecule has 0 spiro atoms. The average Bonchev–Trinajstić information content (AvgIpc) is 2.94. The third-order valence-electron chi connectivity index (χ3n) is 5.96. The molecule has 2 aromatic rings. The second-order valence-electron chi connectivity index (χ2n) is 10.2. The highest BCUT2D eigenvalue weighted by molar-refractivity contribution is 6.17. The summed E-state index contributed by atoms with van der Waals surface area (Å²) in [5.74, 6) is -1.05. The van der Waals surface area contributed by atoms with E-state index in [1.54, 1.807) is 32.6 Å². The van der Waals surface area contributed by atoms with Gasteiger partial charge in [0.05, 0.1) is 18.2 Å². The number of ether oxygens (including phenoxy) is 2. The van der Waals surface area contributed by atoms with Gasteiger partial charge in [0.15, 0.2) is 5.82 Å². The summed E-state index contributed by atoms with van der Waals surface area (Å²) in [5.41, 5.74) is 0.523. The number of piperazine rings is 1. The molecule has 0 aliphatic carbocycles. The zero-order chi connectivity index (χ0) is 29.3. The number of carbonyl (C=O) groups is 4. The SMILES string of the molecule is CCOC(=O)N1CCN(C(=O)[C@H](CCC(=O)OC(C)(C)C)NC(=O)c2cc(CCl)nc(-c3ccccc3)n2)CC1. The minimum absolute atomic E-state index is 0.0244. The largest absolute Gasteiger partial charge is 0.460 e. The topological polar surface area (TPSA) is 131 Å². The minimum Gasteiger partial charge on any atom is -0.460 e. The van der Waals surface area contributed by atoms with E-state index in [0.29, 0.717) is 30.2 Å². The van der Waals surface area contributed by atoms with Crippen LogP contribution in [0.3, 0.4) is 0 Å². The average molecular weight is 574 g/mol. The lowest BCUT2D eigenvalue weighted by atomic mass is 10.1. The van der Waals surface area contributed by atoms with Crippen LogP contribution >= 0.6 is 11.6 Å². The Kier molecular flexibility index (Phi) is 10.8. The lowest BCUT2D eigenvalue weighted by Crippen LogP contribution is -2.56. The molecule has 11 nitrogen and oxygen atoms in total. The van der Waals surface area contributed by atoms with Gasteiger partial charge < -0.3 is 24.6 Å². The van der Waals surface area contributed by atoms with Crippen LogP contribution in [0.15, 0.2) is 36.4 Å². The predicted octanol–water partition coefficient (Wildman–Crippen LogP) is 3.40. The van der Waals surface area contributed by atoms with E-state index in [-0.39, 0.29) is 50.0 Å². The monoisotopic (exact) mass is 573 g/mol. The number of carbonyl (C=O) groups excluding carboxylic acids is 4. The van der Waals surface area contributed by atoms with Crippen molar-refractivity contribution in [2.75, 3.05) is 32.8 Å². The van der Waals surface area contributed by atoms with Crippen molar-refractivity contribution < 1.29 is 28.7 Å². The van der Waals surface area contributed by atoms with Crippen LogP contribution in [-0.2, 0) is 24.9 Å². The highest BCUT2D eigenvalue weighted by atomic mass is 35.5. The van der Waals surface area contributed by atoms with Crippen molar-refractivity contribution in [2.45, 2.75) is 58.1 Å². The van der Waals surface area contributed by atoms with Crippen molar-refractivity contribution in [1.82, 2.24) is 25.1 Å². The molecule has 1 aliphatic rings. The summed E-state index contributed by atoms with van der Waals surface area (Å²) in [6, 6.07) is 9.61. The Morgan fingerprint density at radius 2 is 1.68 bits per heavy atom. The molecule has 0 saturated carbocycles. The summed E-state index contributed by atoms with van der Waals surface area (Å²) >= 11 is 6.04. The van der Waals surface area contributed by atoms with Gasteiger partial charge in [0.25, 0.3) is 5.91 Å². The normalized spacial score (nSPS) is 14.3. The van der Waals surface area contributed by atoms with Gasteiger partial charge in [-0.3, -0.25) is 14.4 Å². The lowest BCUT2D eigenvalue weighted by molar-refractivity contribution is -0.155. The Bertz CT molecular complexity index is 1200. The fraction of sp³-hybridized carbons (Fsp3) is 0.500. The summed E-state index contributed by atoms with van der Waals surface area (Å²) in [7, 11) is 0. The zero-order valence-corrected chi connectivity index (χ0v) is 24.1. The summed E-state index contributed by atoms with van der Waals surface area (Å²) < 4.78 is 10.4. The molecule has 0 radical (unpaired) electrons. The first-order chi connectivity index (χ1) is 19.0. The molecule has 1 aromatic heterocycles. The fourth-order valence-electron chi connectivity index (χ4n) is 4.09. The van der Waals surface area contributed by atoms with Gasteiger partial charge in [0, 0.05) is 38.2 Å². The van der Waals surface area contributed by atoms with E-state index in [1.807, 2.05) is 30.3 Å². The summed E-state index contributed by atoms with van der Waals surface area (Å²) in [4.78, 5) is 63.3. The number of halogens is 1. The van der Waals surface area contributed by atoms with Crippen molar-refractivity contribution in [3.05, 3.63) is 47.8 Å². The van der Waals surface area contributed by atoms with Crippen LogP contribution in [0.2, 0.25) is 0 Å². The molecular formula is C28H36ClN5O6. The number of aromatic nitrogens is 2. The quantitative estimate of drug-likeness (QED) is 0.357. The van der Waals surface area contributed by atoms with Gasteiger partial charge in [0.2, 0.25) is 5.91 Å². The zero-order valence-electron chi connectivity index (χ0n) is 23.3. The smallest absolute Gasteiger partial charge is 0.409 e. The van der Waals surface area contributed by atoms with Gasteiger partial charge in [0.1, 0.15) is 17.3 Å². The van der Waals surface area contributed by atoms with Crippen molar-refractivity contribution in [3.8, 4) is 11.4 Å². The molecular weight excluding hydrogens is 538 g/mol. The van der Waals surface area contributed by atoms with Crippen LogP contribution in [0.1, 0.15) is 56.7 Å². The Morgan fingerprint density at radius 1 is 1.02 bits per heavy atom. The van der Waals surface area contributed by atoms with Crippen LogP contribution in [-0.4, -0.2) is 88.1 Å². The second kappa shape index (κ2) is 14.1. The predicted molar refractivity (Wildman–Crippen MR) is 149 cm³/mol. The molecule has 40 heavy (non-hydrogen) atoms. The molecule has 2 heterocycles. The highest BCUT2D eigenvalue weighted by Crippen LogP contribution is 2.18. The van der Waals surface area contributed by atoms with Gasteiger partial charge in [-0.15, -0.1) is 11.6 Å². The molecule has 1 saturated heterocycles. The Balaban J connectivity index is 1.79. The number of alkyl halides is 1. The molecule has 1 atom stereocenters. The molecule has 1 fully saturated rings. The van der Waals surface area contributed by atoms with Crippen LogP contribution in [0.25, 0.3) is 11.4 Å². The van der Waals surface area contributed by atoms with Gasteiger partial charge >= 0.3 is 12.1 Å². The van der Waals surface area contributed by atoms with E-state index in [4.69, 9.17) is 21.1 Å². The number of amides is 3. The lowest BCUT2D eigenvalue weighted by Gasteiger charge is -2.36. The number of nitrogens with one attached hydrogen (secondary N) is 1. The van der Waals surface area contributed by atoms with Gasteiger partial charge in [-0.2, -0.15) is 0 Å². The minimum atomic E-state index is -1.02. The first-order valence-electron chi connectivity index (χ1n) is 13.2. The van der Waals surface area contributed by atoms with Gasteiger partial charge in [-0.25, -0.2) is 14.8 Å². The van der Waals surface area contributed by atoms with Crippen LogP contribution in [0.5, 0.6) is 0 Å². The third-order valence-corrected chi connectivity index (χ3v) is 6.23. The van der Waals surface area contributed by atoms with Crippen molar-refractivity contribution in [1.29, 1.82) is 0 Å². The van der Waals surface area contributed by atoms with Crippen LogP contribution in [0, 0.1) is 0 Å². The highest BCUT2D eigenvalue weighted by Gasteiger charge is 2.32. The van der Waals surface area contributed by atoms with E-state index < -0.39 is 29.6 Å². The maximum Gasteiger partial charge on any atom is 0.409 e. The maximum atomic E-state index is 13.5. The molecule has 12 heteroatoms. The Morgan fingerprint density at radius 3 is 2.27 bits per heavy atom. The van der Waals surface area contributed by atoms with Crippen molar-refractivity contribution >= 4 is 35.5 Å². The molecule has 0 unspecified atom stereocenters. The van der Waals surface area contributed by atoms with Crippen molar-refractivity contribution in [2.24, 2.45) is 0 Å². The Labute approximate surface area is 239 Å². The summed E-state index contributed by atoms with van der Waals surface area (Å²) in [5, 5.41) is 2.76. The molecule has 1 aliphatic heterocycles. The Hall–Kier alpha value is -3.73. The summed E-state index contributed by atoms with van der Waals surface area (Å²) in [6.07, 6.45) is -0.489. The van der Waals surface area contributed by atoms with Gasteiger partial charge in [-0.1, -0.05) is 30.3 Å². The summed E-state index contributed by atoms with van der Waals surface area (Å²) in [6.45, 7) is 8.37. The van der Waals surface area contributed by atoms with Crippen molar-refractivity contribution in [3.63, 3.8) is 0 Å². The number of hydrogen-bond acceptors (Lipinski definition) is 8. The molecule has 1 N–H and O–H groups in total. The van der Waals surface area contributed by atoms with Gasteiger partial charge in [-0.05, 0) is 40.2 Å². The van der Waals surface area contributed by atoms with Crippen LogP contribution in [0.4, 0.5) is 4.79 Å². The first-order valence-corrected chi connectivity index (χ1v) is 13.8.